The summed E-state index contributed by atoms with van der Waals surface area (Å²) in [7, 11) is 4.15. The van der Waals surface area contributed by atoms with Crippen LogP contribution in [0.5, 0.6) is 0 Å². The fourth-order valence-corrected chi connectivity index (χ4v) is 4.02. The summed E-state index contributed by atoms with van der Waals surface area (Å²) in [5.74, 6) is -0.618. The van der Waals surface area contributed by atoms with Crippen molar-refractivity contribution in [3.63, 3.8) is 0 Å². The summed E-state index contributed by atoms with van der Waals surface area (Å²) in [4.78, 5) is 2.17. The van der Waals surface area contributed by atoms with Crippen LogP contribution >= 0.6 is 0 Å². The predicted molar refractivity (Wildman–Crippen MR) is 115 cm³/mol. The Morgan fingerprint density at radius 1 is 0.862 bits per heavy atom. The van der Waals surface area contributed by atoms with Crippen LogP contribution < -0.4 is 0 Å². The van der Waals surface area contributed by atoms with Crippen LogP contribution in [0.1, 0.15) is 78.6 Å². The Morgan fingerprint density at radius 2 is 1.55 bits per heavy atom. The van der Waals surface area contributed by atoms with Crippen LogP contribution in [0, 0.1) is 0 Å². The summed E-state index contributed by atoms with van der Waals surface area (Å²) >= 11 is 0. The van der Waals surface area contributed by atoms with E-state index in [-0.39, 0.29) is 24.6 Å². The Bertz CT molecular complexity index is 431. The molecule has 4 atom stereocenters. The molecule has 0 aliphatic carbocycles. The molecular weight excluding hydrogens is 370 g/mol. The molecule has 0 amide bonds. The molecule has 0 bridgehead atoms. The lowest BCUT2D eigenvalue weighted by molar-refractivity contribution is -0.223. The molecule has 0 aromatic carbocycles. The quantitative estimate of drug-likeness (QED) is 0.349. The normalized spacial score (nSPS) is 28.3. The molecule has 172 valence electrons. The smallest absolute Gasteiger partial charge is 0.190 e. The van der Waals surface area contributed by atoms with Gasteiger partial charge in [-0.25, -0.2) is 0 Å². The summed E-state index contributed by atoms with van der Waals surface area (Å²) in [6, 6.07) is 0. The third kappa shape index (κ3) is 9.19. The van der Waals surface area contributed by atoms with Crippen molar-refractivity contribution >= 4 is 0 Å². The van der Waals surface area contributed by atoms with E-state index in [0.717, 1.165) is 32.6 Å². The zero-order valence-corrected chi connectivity index (χ0v) is 19.5. The van der Waals surface area contributed by atoms with Crippen molar-refractivity contribution in [2.24, 2.45) is 0 Å². The molecule has 2 aliphatic heterocycles. The van der Waals surface area contributed by atoms with E-state index in [4.69, 9.17) is 23.7 Å². The second kappa shape index (κ2) is 13.2. The highest BCUT2D eigenvalue weighted by Crippen LogP contribution is 2.38. The Morgan fingerprint density at radius 3 is 2.24 bits per heavy atom. The van der Waals surface area contributed by atoms with E-state index in [0.29, 0.717) is 6.61 Å². The van der Waals surface area contributed by atoms with Gasteiger partial charge in [0.25, 0.3) is 0 Å². The summed E-state index contributed by atoms with van der Waals surface area (Å²) in [5.41, 5.74) is 0. The zero-order valence-electron chi connectivity index (χ0n) is 19.5. The number of nitrogens with zero attached hydrogens (tertiary/aromatic N) is 1. The molecule has 0 aromatic heterocycles. The van der Waals surface area contributed by atoms with Gasteiger partial charge in [-0.3, -0.25) is 0 Å². The third-order valence-corrected chi connectivity index (χ3v) is 5.57. The topological polar surface area (TPSA) is 49.4 Å². The van der Waals surface area contributed by atoms with Crippen molar-refractivity contribution in [2.45, 2.75) is 109 Å². The number of hydrogen-bond acceptors (Lipinski definition) is 6. The van der Waals surface area contributed by atoms with Crippen molar-refractivity contribution < 1.29 is 23.7 Å². The molecule has 2 rings (SSSR count). The largest absolute Gasteiger partial charge is 0.379 e. The highest BCUT2D eigenvalue weighted by atomic mass is 16.8. The van der Waals surface area contributed by atoms with Gasteiger partial charge in [-0.05, 0) is 47.3 Å². The van der Waals surface area contributed by atoms with Gasteiger partial charge in [-0.2, -0.15) is 0 Å². The standard InChI is InChI=1S/C23H45NO5/c1-6-7-8-9-10-11-12-13-17-26-20-19(18-25-16-14-15-24(4)5)27-22-21(20)28-23(2,3)29-22/h19-22H,6-18H2,1-5H3/t19-,20+,21-,22-/m1/s1. The highest BCUT2D eigenvalue weighted by molar-refractivity contribution is 4.94. The minimum Gasteiger partial charge on any atom is -0.379 e. The van der Waals surface area contributed by atoms with Crippen molar-refractivity contribution in [1.29, 1.82) is 0 Å². The lowest BCUT2D eigenvalue weighted by atomic mass is 10.1. The average molecular weight is 416 g/mol. The first kappa shape index (κ1) is 25.0. The van der Waals surface area contributed by atoms with Crippen molar-refractivity contribution in [1.82, 2.24) is 4.90 Å². The van der Waals surface area contributed by atoms with Crippen LogP contribution in [0.3, 0.4) is 0 Å². The number of hydrogen-bond donors (Lipinski definition) is 0. The molecule has 6 heteroatoms. The van der Waals surface area contributed by atoms with Crippen LogP contribution in [0.15, 0.2) is 0 Å². The lowest BCUT2D eigenvalue weighted by Crippen LogP contribution is -2.39. The van der Waals surface area contributed by atoms with Gasteiger partial charge >= 0.3 is 0 Å². The van der Waals surface area contributed by atoms with E-state index in [1.165, 1.54) is 44.9 Å². The molecule has 6 nitrogen and oxygen atoms in total. The number of ether oxygens (including phenoxy) is 5. The fraction of sp³-hybridized carbons (Fsp3) is 1.00. The summed E-state index contributed by atoms with van der Waals surface area (Å²) < 4.78 is 30.2. The van der Waals surface area contributed by atoms with Crippen LogP contribution in [-0.4, -0.2) is 75.7 Å². The molecule has 0 spiro atoms. The third-order valence-electron chi connectivity index (χ3n) is 5.57. The number of rotatable bonds is 16. The molecule has 0 aromatic rings. The maximum absolute atomic E-state index is 6.24. The summed E-state index contributed by atoms with van der Waals surface area (Å²) in [6.45, 7) is 9.13. The molecule has 0 unspecified atom stereocenters. The second-order valence-electron chi connectivity index (χ2n) is 9.19. The van der Waals surface area contributed by atoms with E-state index in [1.807, 2.05) is 13.8 Å². The van der Waals surface area contributed by atoms with E-state index < -0.39 is 5.79 Å². The zero-order chi connectivity index (χ0) is 21.1. The number of unbranched alkanes of at least 4 members (excludes halogenated alkanes) is 7. The molecular formula is C23H45NO5. The Kier molecular flexibility index (Phi) is 11.4. The van der Waals surface area contributed by atoms with Gasteiger partial charge in [0.05, 0.1) is 6.61 Å². The van der Waals surface area contributed by atoms with Gasteiger partial charge in [-0.15, -0.1) is 0 Å². The van der Waals surface area contributed by atoms with Gasteiger partial charge < -0.3 is 28.6 Å². The van der Waals surface area contributed by atoms with E-state index in [9.17, 15) is 0 Å². The van der Waals surface area contributed by atoms with E-state index in [2.05, 4.69) is 25.9 Å². The van der Waals surface area contributed by atoms with Crippen molar-refractivity contribution in [3.05, 3.63) is 0 Å². The first-order chi connectivity index (χ1) is 13.9. The van der Waals surface area contributed by atoms with Crippen LogP contribution in [0.25, 0.3) is 0 Å². The van der Waals surface area contributed by atoms with Gasteiger partial charge in [0, 0.05) is 13.2 Å². The Hall–Kier alpha value is -0.240. The molecule has 29 heavy (non-hydrogen) atoms. The molecule has 0 saturated carbocycles. The minimum atomic E-state index is -0.618. The first-order valence-electron chi connectivity index (χ1n) is 11.8. The SMILES string of the molecule is CCCCCCCCCCO[C@@H]1[C@H]2OC(C)(C)O[C@H]2O[C@@H]1COCCCN(C)C. The monoisotopic (exact) mass is 415 g/mol. The van der Waals surface area contributed by atoms with Crippen LogP contribution in [0.2, 0.25) is 0 Å². The average Bonchev–Trinajstić information content (AvgIpc) is 3.11. The fourth-order valence-electron chi connectivity index (χ4n) is 4.02. The van der Waals surface area contributed by atoms with Crippen molar-refractivity contribution in [3.8, 4) is 0 Å². The molecule has 2 fully saturated rings. The maximum Gasteiger partial charge on any atom is 0.190 e. The van der Waals surface area contributed by atoms with E-state index in [1.54, 1.807) is 0 Å². The highest BCUT2D eigenvalue weighted by Gasteiger charge is 2.55. The molecule has 0 N–H and O–H groups in total. The Labute approximate surface area is 178 Å². The molecule has 2 heterocycles. The van der Waals surface area contributed by atoms with Gasteiger partial charge in [0.1, 0.15) is 18.3 Å². The van der Waals surface area contributed by atoms with Crippen LogP contribution in [0.4, 0.5) is 0 Å². The van der Waals surface area contributed by atoms with Gasteiger partial charge in [0.15, 0.2) is 12.1 Å². The lowest BCUT2D eigenvalue weighted by Gasteiger charge is -2.26. The molecule has 0 radical (unpaired) electrons. The van der Waals surface area contributed by atoms with Crippen LogP contribution in [-0.2, 0) is 23.7 Å². The number of fused-ring (bicyclic) bond motifs is 1. The second-order valence-corrected chi connectivity index (χ2v) is 9.19. The summed E-state index contributed by atoms with van der Waals surface area (Å²) in [5, 5.41) is 0. The summed E-state index contributed by atoms with van der Waals surface area (Å²) in [6.07, 6.45) is 10.6. The van der Waals surface area contributed by atoms with Gasteiger partial charge in [0.2, 0.25) is 0 Å². The molecule has 2 saturated heterocycles. The van der Waals surface area contributed by atoms with Gasteiger partial charge in [-0.1, -0.05) is 51.9 Å². The van der Waals surface area contributed by atoms with E-state index >= 15 is 0 Å². The minimum absolute atomic E-state index is 0.125. The van der Waals surface area contributed by atoms with Crippen molar-refractivity contribution in [2.75, 3.05) is 40.5 Å². The maximum atomic E-state index is 6.24. The Balaban J connectivity index is 1.67. The predicted octanol–water partition coefficient (Wildman–Crippen LogP) is 4.36. The first-order valence-corrected chi connectivity index (χ1v) is 11.8. The molecule has 2 aliphatic rings.